The Bertz CT molecular complexity index is 746. The molecule has 0 heterocycles. The maximum Gasteiger partial charge on any atom is 0.407 e. The third-order valence-electron chi connectivity index (χ3n) is 3.93. The first-order valence-electron chi connectivity index (χ1n) is 7.77. The highest BCUT2D eigenvalue weighted by Crippen LogP contribution is 2.34. The molecule has 132 valence electrons. The Balaban J connectivity index is 2.15. The van der Waals surface area contributed by atoms with Gasteiger partial charge < -0.3 is 15.2 Å². The van der Waals surface area contributed by atoms with Crippen LogP contribution in [0.15, 0.2) is 54.6 Å². The average Bonchev–Trinajstić information content (AvgIpc) is 2.58. The number of nitrogens with one attached hydrogen (secondary N) is 1. The number of hydrogen-bond acceptors (Lipinski definition) is 3. The fourth-order valence-electron chi connectivity index (χ4n) is 2.37. The average molecular weight is 345 g/mol. The molecule has 0 saturated heterocycles. The molecular formula is C19H20FNO4. The summed E-state index contributed by atoms with van der Waals surface area (Å²) in [6.45, 7) is 2.97. The molecule has 0 aromatic heterocycles. The third-order valence-corrected chi connectivity index (χ3v) is 3.93. The highest BCUT2D eigenvalue weighted by molar-refractivity contribution is 5.77. The van der Waals surface area contributed by atoms with Crippen LogP contribution in [-0.4, -0.2) is 17.2 Å². The second kappa shape index (κ2) is 7.79. The van der Waals surface area contributed by atoms with Crippen molar-refractivity contribution in [2.45, 2.75) is 26.5 Å². The van der Waals surface area contributed by atoms with Gasteiger partial charge in [0.2, 0.25) is 0 Å². The number of carboxylic acids is 1. The van der Waals surface area contributed by atoms with Gasteiger partial charge in [-0.15, -0.1) is 0 Å². The predicted molar refractivity (Wildman–Crippen MR) is 90.3 cm³/mol. The predicted octanol–water partition coefficient (Wildman–Crippen LogP) is 3.90. The molecular weight excluding hydrogens is 325 g/mol. The number of benzene rings is 2. The monoisotopic (exact) mass is 345 g/mol. The van der Waals surface area contributed by atoms with E-state index in [1.54, 1.807) is 18.2 Å². The van der Waals surface area contributed by atoms with Crippen LogP contribution in [0.3, 0.4) is 0 Å². The van der Waals surface area contributed by atoms with Crippen molar-refractivity contribution in [2.75, 3.05) is 0 Å². The lowest BCUT2D eigenvalue weighted by Gasteiger charge is -2.31. The van der Waals surface area contributed by atoms with Gasteiger partial charge in [-0.25, -0.2) is 9.18 Å². The molecule has 25 heavy (non-hydrogen) atoms. The van der Waals surface area contributed by atoms with E-state index < -0.39 is 29.3 Å². The molecule has 0 aliphatic heterocycles. The van der Waals surface area contributed by atoms with E-state index in [9.17, 15) is 19.1 Å². The minimum atomic E-state index is -1.36. The van der Waals surface area contributed by atoms with Gasteiger partial charge in [0.15, 0.2) is 0 Å². The maximum atomic E-state index is 13.5. The minimum Gasteiger partial charge on any atom is -0.481 e. The molecule has 5 nitrogen and oxygen atoms in total. The summed E-state index contributed by atoms with van der Waals surface area (Å²) in [6, 6.07) is 13.6. The summed E-state index contributed by atoms with van der Waals surface area (Å²) in [5.41, 5.74) is -0.207. The van der Waals surface area contributed by atoms with Crippen LogP contribution in [0.1, 0.15) is 31.0 Å². The number of aliphatic carboxylic acids is 1. The lowest BCUT2D eigenvalue weighted by Crippen LogP contribution is -2.42. The molecule has 1 atom stereocenters. The summed E-state index contributed by atoms with van der Waals surface area (Å²) in [7, 11) is 0. The number of rotatable bonds is 6. The summed E-state index contributed by atoms with van der Waals surface area (Å²) >= 11 is 0. The molecule has 1 amide bonds. The van der Waals surface area contributed by atoms with Gasteiger partial charge in [0.05, 0.1) is 11.5 Å². The standard InChI is InChI=1S/C19H20FNO4/c1-19(2,17(22)23)16(14-9-6-10-15(20)11-14)21-18(24)25-12-13-7-4-3-5-8-13/h3-11,16H,12H2,1-2H3,(H,21,24)(H,22,23). The molecule has 6 heteroatoms. The molecule has 0 radical (unpaired) electrons. The summed E-state index contributed by atoms with van der Waals surface area (Å²) < 4.78 is 18.7. The fourth-order valence-corrected chi connectivity index (χ4v) is 2.37. The molecule has 1 unspecified atom stereocenters. The lowest BCUT2D eigenvalue weighted by atomic mass is 9.80. The summed E-state index contributed by atoms with van der Waals surface area (Å²) in [5.74, 6) is -1.63. The molecule has 0 spiro atoms. The lowest BCUT2D eigenvalue weighted by molar-refractivity contribution is -0.148. The zero-order valence-corrected chi connectivity index (χ0v) is 14.0. The smallest absolute Gasteiger partial charge is 0.407 e. The number of carbonyl (C=O) groups excluding carboxylic acids is 1. The fraction of sp³-hybridized carbons (Fsp3) is 0.263. The first kappa shape index (κ1) is 18.4. The number of ether oxygens (including phenoxy) is 1. The van der Waals surface area contributed by atoms with Crippen molar-refractivity contribution < 1.29 is 23.8 Å². The number of amides is 1. The molecule has 0 aliphatic carbocycles. The van der Waals surface area contributed by atoms with Crippen LogP contribution in [0.5, 0.6) is 0 Å². The summed E-state index contributed by atoms with van der Waals surface area (Å²) in [5, 5.41) is 12.0. The van der Waals surface area contributed by atoms with Gasteiger partial charge in [0.25, 0.3) is 0 Å². The van der Waals surface area contributed by atoms with Crippen molar-refractivity contribution in [1.29, 1.82) is 0 Å². The van der Waals surface area contributed by atoms with E-state index in [-0.39, 0.29) is 6.61 Å². The SMILES string of the molecule is CC(C)(C(=O)O)C(NC(=O)OCc1ccccc1)c1cccc(F)c1. The molecule has 0 saturated carbocycles. The normalized spacial score (nSPS) is 12.3. The van der Waals surface area contributed by atoms with Crippen molar-refractivity contribution >= 4 is 12.1 Å². The van der Waals surface area contributed by atoms with Crippen LogP contribution in [-0.2, 0) is 16.1 Å². The van der Waals surface area contributed by atoms with E-state index in [4.69, 9.17) is 4.74 Å². The molecule has 0 bridgehead atoms. The second-order valence-electron chi connectivity index (χ2n) is 6.22. The number of carbonyl (C=O) groups is 2. The van der Waals surface area contributed by atoms with Crippen molar-refractivity contribution in [1.82, 2.24) is 5.32 Å². The van der Waals surface area contributed by atoms with Gasteiger partial charge in [0.1, 0.15) is 12.4 Å². The summed E-state index contributed by atoms with van der Waals surface area (Å²) in [4.78, 5) is 23.7. The van der Waals surface area contributed by atoms with E-state index in [0.29, 0.717) is 5.56 Å². The van der Waals surface area contributed by atoms with Gasteiger partial charge in [-0.3, -0.25) is 4.79 Å². The zero-order chi connectivity index (χ0) is 18.4. The molecule has 2 N–H and O–H groups in total. The van der Waals surface area contributed by atoms with E-state index in [2.05, 4.69) is 5.32 Å². The number of hydrogen-bond donors (Lipinski definition) is 2. The van der Waals surface area contributed by atoms with Gasteiger partial charge in [0, 0.05) is 0 Å². The zero-order valence-electron chi connectivity index (χ0n) is 14.0. The highest BCUT2D eigenvalue weighted by Gasteiger charge is 2.39. The van der Waals surface area contributed by atoms with Crippen LogP contribution in [0.4, 0.5) is 9.18 Å². The van der Waals surface area contributed by atoms with Crippen LogP contribution >= 0.6 is 0 Å². The highest BCUT2D eigenvalue weighted by atomic mass is 19.1. The summed E-state index contributed by atoms with van der Waals surface area (Å²) in [6.07, 6.45) is -0.771. The number of alkyl carbamates (subject to hydrolysis) is 1. The minimum absolute atomic E-state index is 0.0516. The van der Waals surface area contributed by atoms with Crippen LogP contribution < -0.4 is 5.32 Å². The Labute approximate surface area is 145 Å². The van der Waals surface area contributed by atoms with Crippen molar-refractivity contribution in [3.63, 3.8) is 0 Å². The van der Waals surface area contributed by atoms with E-state index >= 15 is 0 Å². The first-order valence-corrected chi connectivity index (χ1v) is 7.77. The first-order chi connectivity index (χ1) is 11.8. The van der Waals surface area contributed by atoms with Crippen LogP contribution in [0.25, 0.3) is 0 Å². The second-order valence-corrected chi connectivity index (χ2v) is 6.22. The van der Waals surface area contributed by atoms with E-state index in [1.807, 2.05) is 18.2 Å². The molecule has 2 aromatic carbocycles. The van der Waals surface area contributed by atoms with Crippen LogP contribution in [0, 0.1) is 11.2 Å². The molecule has 0 aliphatic rings. The molecule has 0 fully saturated rings. The van der Waals surface area contributed by atoms with Gasteiger partial charge in [-0.2, -0.15) is 0 Å². The molecule has 2 aromatic rings. The van der Waals surface area contributed by atoms with Gasteiger partial charge >= 0.3 is 12.1 Å². The van der Waals surface area contributed by atoms with Gasteiger partial charge in [-0.1, -0.05) is 42.5 Å². The van der Waals surface area contributed by atoms with Crippen molar-refractivity contribution in [3.8, 4) is 0 Å². The topological polar surface area (TPSA) is 75.6 Å². The Morgan fingerprint density at radius 2 is 1.84 bits per heavy atom. The Morgan fingerprint density at radius 1 is 1.16 bits per heavy atom. The number of carboxylic acid groups (broad SMARTS) is 1. The Hall–Kier alpha value is -2.89. The quantitative estimate of drug-likeness (QED) is 0.832. The van der Waals surface area contributed by atoms with Crippen molar-refractivity contribution in [3.05, 3.63) is 71.5 Å². The van der Waals surface area contributed by atoms with Gasteiger partial charge in [-0.05, 0) is 37.1 Å². The van der Waals surface area contributed by atoms with Crippen molar-refractivity contribution in [2.24, 2.45) is 5.41 Å². The Morgan fingerprint density at radius 3 is 2.44 bits per heavy atom. The number of halogens is 1. The maximum absolute atomic E-state index is 13.5. The van der Waals surface area contributed by atoms with Crippen LogP contribution in [0.2, 0.25) is 0 Å². The molecule has 2 rings (SSSR count). The third kappa shape index (κ3) is 4.79. The Kier molecular flexibility index (Phi) is 5.75. The van der Waals surface area contributed by atoms with E-state index in [0.717, 1.165) is 5.56 Å². The largest absolute Gasteiger partial charge is 0.481 e. The van der Waals surface area contributed by atoms with E-state index in [1.165, 1.54) is 32.0 Å².